The van der Waals surface area contributed by atoms with Gasteiger partial charge in [-0.1, -0.05) is 54.2 Å². The second-order valence-electron chi connectivity index (χ2n) is 6.65. The molecule has 1 fully saturated rings. The number of hydrogen-bond acceptors (Lipinski definition) is 4. The highest BCUT2D eigenvalue weighted by Gasteiger charge is 2.33. The number of alkyl halides is 3. The van der Waals surface area contributed by atoms with Gasteiger partial charge in [0.15, 0.2) is 0 Å². The van der Waals surface area contributed by atoms with Crippen molar-refractivity contribution in [3.05, 3.63) is 87.5 Å². The van der Waals surface area contributed by atoms with Crippen LogP contribution in [0, 0.1) is 0 Å². The van der Waals surface area contributed by atoms with Crippen LogP contribution in [0.4, 0.5) is 18.0 Å². The van der Waals surface area contributed by atoms with E-state index in [4.69, 9.17) is 28.2 Å². The molecular formula is C22H13ClF3NO2S2. The third-order valence-corrected chi connectivity index (χ3v) is 6.34. The third-order valence-electron chi connectivity index (χ3n) is 4.52. The van der Waals surface area contributed by atoms with Gasteiger partial charge in [0.05, 0.1) is 22.0 Å². The molecule has 3 aromatic rings. The molecule has 0 radical (unpaired) electrons. The Hall–Kier alpha value is -2.55. The van der Waals surface area contributed by atoms with Crippen molar-refractivity contribution in [1.29, 1.82) is 0 Å². The number of nitrogens with zero attached hydrogens (tertiary/aromatic N) is 1. The van der Waals surface area contributed by atoms with Crippen molar-refractivity contribution in [1.82, 2.24) is 4.90 Å². The van der Waals surface area contributed by atoms with Gasteiger partial charge in [0.1, 0.15) is 16.5 Å². The van der Waals surface area contributed by atoms with Gasteiger partial charge in [-0.05, 0) is 53.7 Å². The molecule has 1 amide bonds. The lowest BCUT2D eigenvalue weighted by atomic mass is 10.1. The van der Waals surface area contributed by atoms with Crippen LogP contribution in [-0.2, 0) is 12.7 Å². The molecule has 0 aliphatic carbocycles. The molecule has 1 aromatic heterocycles. The average molecular weight is 480 g/mol. The number of thiocarbonyl (C=S) groups is 1. The van der Waals surface area contributed by atoms with E-state index in [-0.39, 0.29) is 21.6 Å². The molecule has 1 aliphatic rings. The average Bonchev–Trinajstić information content (AvgIpc) is 3.28. The lowest BCUT2D eigenvalue weighted by Gasteiger charge is -2.14. The van der Waals surface area contributed by atoms with Gasteiger partial charge >= 0.3 is 6.18 Å². The topological polar surface area (TPSA) is 33.5 Å². The quantitative estimate of drug-likeness (QED) is 0.284. The summed E-state index contributed by atoms with van der Waals surface area (Å²) in [6.07, 6.45) is -2.90. The van der Waals surface area contributed by atoms with Crippen molar-refractivity contribution in [2.24, 2.45) is 0 Å². The number of rotatable bonds is 4. The Morgan fingerprint density at radius 2 is 1.84 bits per heavy atom. The number of thioether (sulfide) groups is 1. The minimum atomic E-state index is -4.49. The maximum Gasteiger partial charge on any atom is 0.416 e. The SMILES string of the molecule is O=C1SC(=Cc2ccc(-c3cc(C(F)(F)F)ccc3Cl)o2)C(=S)N1Cc1ccccc1. The third kappa shape index (κ3) is 4.71. The van der Waals surface area contributed by atoms with E-state index in [1.165, 1.54) is 17.0 Å². The van der Waals surface area contributed by atoms with Gasteiger partial charge in [0, 0.05) is 5.56 Å². The molecule has 0 N–H and O–H groups in total. The minimum Gasteiger partial charge on any atom is -0.457 e. The van der Waals surface area contributed by atoms with E-state index in [9.17, 15) is 18.0 Å². The van der Waals surface area contributed by atoms with Crippen molar-refractivity contribution < 1.29 is 22.4 Å². The lowest BCUT2D eigenvalue weighted by molar-refractivity contribution is -0.137. The number of hydrogen-bond donors (Lipinski definition) is 0. The van der Waals surface area contributed by atoms with E-state index in [1.807, 2.05) is 30.3 Å². The molecule has 0 saturated carbocycles. The molecule has 1 saturated heterocycles. The van der Waals surface area contributed by atoms with Crippen LogP contribution >= 0.6 is 35.6 Å². The number of amides is 1. The number of furan rings is 1. The molecule has 1 aliphatic heterocycles. The van der Waals surface area contributed by atoms with Gasteiger partial charge in [-0.3, -0.25) is 9.69 Å². The molecule has 2 heterocycles. The molecule has 4 rings (SSSR count). The van der Waals surface area contributed by atoms with E-state index < -0.39 is 11.7 Å². The van der Waals surface area contributed by atoms with Crippen LogP contribution in [0.15, 0.2) is 70.0 Å². The predicted molar refractivity (Wildman–Crippen MR) is 120 cm³/mol. The van der Waals surface area contributed by atoms with Crippen LogP contribution < -0.4 is 0 Å². The Bertz CT molecular complexity index is 1190. The van der Waals surface area contributed by atoms with Gasteiger partial charge in [0.2, 0.25) is 0 Å². The second-order valence-corrected chi connectivity index (χ2v) is 8.43. The highest BCUT2D eigenvalue weighted by molar-refractivity contribution is 8.19. The summed E-state index contributed by atoms with van der Waals surface area (Å²) in [4.78, 5) is 14.8. The number of halogens is 4. The van der Waals surface area contributed by atoms with Gasteiger partial charge in [-0.15, -0.1) is 0 Å². The van der Waals surface area contributed by atoms with E-state index in [1.54, 1.807) is 12.1 Å². The maximum absolute atomic E-state index is 13.0. The summed E-state index contributed by atoms with van der Waals surface area (Å²) in [6, 6.07) is 15.6. The highest BCUT2D eigenvalue weighted by Crippen LogP contribution is 2.38. The van der Waals surface area contributed by atoms with Crippen molar-refractivity contribution in [3.8, 4) is 11.3 Å². The predicted octanol–water partition coefficient (Wildman–Crippen LogP) is 7.66. The summed E-state index contributed by atoms with van der Waals surface area (Å²) >= 11 is 12.5. The van der Waals surface area contributed by atoms with Crippen molar-refractivity contribution in [2.75, 3.05) is 0 Å². The fourth-order valence-corrected chi connectivity index (χ4v) is 4.42. The smallest absolute Gasteiger partial charge is 0.416 e. The lowest BCUT2D eigenvalue weighted by Crippen LogP contribution is -2.26. The van der Waals surface area contributed by atoms with Crippen molar-refractivity contribution >= 4 is 51.9 Å². The van der Waals surface area contributed by atoms with Crippen LogP contribution in [0.5, 0.6) is 0 Å². The molecule has 2 aromatic carbocycles. The summed E-state index contributed by atoms with van der Waals surface area (Å²) in [5, 5.41) is -0.0654. The van der Waals surface area contributed by atoms with Crippen molar-refractivity contribution in [2.45, 2.75) is 12.7 Å². The van der Waals surface area contributed by atoms with Crippen LogP contribution in [-0.4, -0.2) is 15.1 Å². The molecule has 0 atom stereocenters. The summed E-state index contributed by atoms with van der Waals surface area (Å²) in [7, 11) is 0. The Labute approximate surface area is 190 Å². The normalized spacial score (nSPS) is 15.9. The van der Waals surface area contributed by atoms with Gasteiger partial charge in [0.25, 0.3) is 5.24 Å². The molecule has 9 heteroatoms. The Kier molecular flexibility index (Phi) is 5.96. The monoisotopic (exact) mass is 479 g/mol. The van der Waals surface area contributed by atoms with Gasteiger partial charge in [-0.2, -0.15) is 13.2 Å². The largest absolute Gasteiger partial charge is 0.457 e. The fourth-order valence-electron chi connectivity index (χ4n) is 3.00. The second kappa shape index (κ2) is 8.53. The first-order valence-electron chi connectivity index (χ1n) is 8.98. The summed E-state index contributed by atoms with van der Waals surface area (Å²) in [6.45, 7) is 0.353. The van der Waals surface area contributed by atoms with Crippen molar-refractivity contribution in [3.63, 3.8) is 0 Å². The fraction of sp³-hybridized carbons (Fsp3) is 0.0909. The zero-order valence-electron chi connectivity index (χ0n) is 15.7. The molecular weight excluding hydrogens is 467 g/mol. The number of carbonyl (C=O) groups is 1. The first-order chi connectivity index (χ1) is 14.7. The molecule has 0 bridgehead atoms. The van der Waals surface area contributed by atoms with E-state index in [0.717, 1.165) is 29.5 Å². The van der Waals surface area contributed by atoms with Gasteiger partial charge in [-0.25, -0.2) is 0 Å². The van der Waals surface area contributed by atoms with Crippen LogP contribution in [0.2, 0.25) is 5.02 Å². The zero-order valence-corrected chi connectivity index (χ0v) is 18.0. The molecule has 158 valence electrons. The van der Waals surface area contributed by atoms with Crippen LogP contribution in [0.1, 0.15) is 16.9 Å². The van der Waals surface area contributed by atoms with Gasteiger partial charge < -0.3 is 4.42 Å². The molecule has 31 heavy (non-hydrogen) atoms. The number of carbonyl (C=O) groups excluding carboxylic acids is 1. The Morgan fingerprint density at radius 1 is 1.10 bits per heavy atom. The van der Waals surface area contributed by atoms with E-state index in [2.05, 4.69) is 0 Å². The highest BCUT2D eigenvalue weighted by atomic mass is 35.5. The first kappa shape index (κ1) is 21.7. The Morgan fingerprint density at radius 3 is 2.55 bits per heavy atom. The molecule has 0 spiro atoms. The molecule has 3 nitrogen and oxygen atoms in total. The van der Waals surface area contributed by atoms with Crippen LogP contribution in [0.25, 0.3) is 17.4 Å². The zero-order chi connectivity index (χ0) is 22.2. The minimum absolute atomic E-state index is 0.129. The Balaban J connectivity index is 1.58. The standard InChI is InChI=1S/C22H13ClF3NO2S2/c23-17-8-6-14(22(24,25)26)10-16(17)18-9-7-15(29-18)11-19-20(30)27(21(28)31-19)12-13-4-2-1-3-5-13/h1-11H,12H2. The summed E-state index contributed by atoms with van der Waals surface area (Å²) in [5.74, 6) is 0.534. The summed E-state index contributed by atoms with van der Waals surface area (Å²) in [5.41, 5.74) is 0.252. The first-order valence-corrected chi connectivity index (χ1v) is 10.6. The molecule has 0 unspecified atom stereocenters. The van der Waals surface area contributed by atoms with Crippen LogP contribution in [0.3, 0.4) is 0 Å². The van der Waals surface area contributed by atoms with E-state index >= 15 is 0 Å². The maximum atomic E-state index is 13.0. The van der Waals surface area contributed by atoms with E-state index in [0.29, 0.717) is 22.2 Å². The number of benzene rings is 2. The summed E-state index contributed by atoms with van der Waals surface area (Å²) < 4.78 is 44.8.